The van der Waals surface area contributed by atoms with Crippen LogP contribution in [0, 0.1) is 12.8 Å². The Morgan fingerprint density at radius 1 is 1.07 bits per heavy atom. The van der Waals surface area contributed by atoms with Crippen molar-refractivity contribution in [3.63, 3.8) is 0 Å². The average molecular weight is 408 g/mol. The lowest BCUT2D eigenvalue weighted by Crippen LogP contribution is -2.30. The Labute approximate surface area is 174 Å². The second kappa shape index (κ2) is 8.95. The van der Waals surface area contributed by atoms with Gasteiger partial charge in [-0.1, -0.05) is 44.2 Å². The van der Waals surface area contributed by atoms with Gasteiger partial charge in [-0.05, 0) is 37.0 Å². The Morgan fingerprint density at radius 2 is 1.77 bits per heavy atom. The summed E-state index contributed by atoms with van der Waals surface area (Å²) in [5, 5.41) is 0.625. The number of ether oxygens (including phenoxy) is 2. The summed E-state index contributed by atoms with van der Waals surface area (Å²) in [6.07, 6.45) is -0.493. The normalized spacial score (nSPS) is 12.0. The van der Waals surface area contributed by atoms with Crippen molar-refractivity contribution in [3.8, 4) is 5.75 Å². The molecule has 3 aromatic rings. The fourth-order valence-electron chi connectivity index (χ4n) is 3.32. The predicted molar refractivity (Wildman–Crippen MR) is 113 cm³/mol. The van der Waals surface area contributed by atoms with Crippen LogP contribution in [0.4, 0.5) is 0 Å². The third-order valence-electron chi connectivity index (χ3n) is 4.76. The molecule has 0 saturated carbocycles. The van der Waals surface area contributed by atoms with Gasteiger partial charge in [-0.25, -0.2) is 9.59 Å². The lowest BCUT2D eigenvalue weighted by molar-refractivity contribution is -0.149. The van der Waals surface area contributed by atoms with Crippen molar-refractivity contribution >= 4 is 22.7 Å². The van der Waals surface area contributed by atoms with Crippen LogP contribution in [0.15, 0.2) is 57.7 Å². The average Bonchev–Trinajstić information content (AvgIpc) is 2.72. The molecular weight excluding hydrogens is 384 g/mol. The van der Waals surface area contributed by atoms with Gasteiger partial charge in [-0.15, -0.1) is 0 Å². The molecule has 0 amide bonds. The minimum Gasteiger partial charge on any atom is -0.478 e. The van der Waals surface area contributed by atoms with Gasteiger partial charge in [0.1, 0.15) is 11.3 Å². The molecule has 1 heterocycles. The molecule has 6 nitrogen and oxygen atoms in total. The number of rotatable bonds is 7. The van der Waals surface area contributed by atoms with Gasteiger partial charge in [-0.3, -0.25) is 4.79 Å². The molecule has 0 saturated heterocycles. The van der Waals surface area contributed by atoms with E-state index in [0.717, 1.165) is 0 Å². The number of esters is 1. The maximum absolute atomic E-state index is 13.4. The molecule has 0 radical (unpaired) electrons. The van der Waals surface area contributed by atoms with Crippen LogP contribution in [0.2, 0.25) is 0 Å². The van der Waals surface area contributed by atoms with Crippen LogP contribution in [0.5, 0.6) is 5.75 Å². The van der Waals surface area contributed by atoms with Crippen molar-refractivity contribution in [1.82, 2.24) is 0 Å². The number of carbonyl (C=O) groups excluding carboxylic acids is 2. The highest BCUT2D eigenvalue weighted by Crippen LogP contribution is 2.32. The van der Waals surface area contributed by atoms with Crippen LogP contribution in [-0.2, 0) is 9.53 Å². The Kier molecular flexibility index (Phi) is 6.35. The highest BCUT2D eigenvalue weighted by atomic mass is 16.6. The van der Waals surface area contributed by atoms with Gasteiger partial charge in [0.25, 0.3) is 0 Å². The number of aryl methyl sites for hydroxylation is 1. The fourth-order valence-corrected chi connectivity index (χ4v) is 3.32. The summed E-state index contributed by atoms with van der Waals surface area (Å²) in [4.78, 5) is 37.7. The molecule has 156 valence electrons. The standard InChI is InChI=1S/C24H24O6/c1-14(2)12-19(24(27)28-4)29-18-11-10-17-15(3)13-20(25)30-23(17)21(18)22(26)16-8-6-5-7-9-16/h5-11,13-14,19H,12H2,1-4H3/t19-/m1/s1. The molecule has 6 heteroatoms. The summed E-state index contributed by atoms with van der Waals surface area (Å²) in [6, 6.07) is 13.4. The van der Waals surface area contributed by atoms with Crippen LogP contribution in [0.1, 0.15) is 41.8 Å². The fraction of sp³-hybridized carbons (Fsp3) is 0.292. The zero-order valence-electron chi connectivity index (χ0n) is 17.4. The number of methoxy groups -OCH3 is 1. The van der Waals surface area contributed by atoms with E-state index in [0.29, 0.717) is 22.9 Å². The maximum Gasteiger partial charge on any atom is 0.347 e. The summed E-state index contributed by atoms with van der Waals surface area (Å²) in [5.41, 5.74) is 0.779. The van der Waals surface area contributed by atoms with Crippen molar-refractivity contribution in [3.05, 3.63) is 75.6 Å². The van der Waals surface area contributed by atoms with Gasteiger partial charge in [0.2, 0.25) is 5.78 Å². The first kappa shape index (κ1) is 21.3. The highest BCUT2D eigenvalue weighted by Gasteiger charge is 2.27. The van der Waals surface area contributed by atoms with E-state index in [-0.39, 0.29) is 28.6 Å². The van der Waals surface area contributed by atoms with Crippen LogP contribution in [0.25, 0.3) is 11.0 Å². The molecule has 0 bridgehead atoms. The number of fused-ring (bicyclic) bond motifs is 1. The Morgan fingerprint density at radius 3 is 2.40 bits per heavy atom. The van der Waals surface area contributed by atoms with Gasteiger partial charge in [-0.2, -0.15) is 0 Å². The lowest BCUT2D eigenvalue weighted by Gasteiger charge is -2.21. The Bertz CT molecular complexity index is 1130. The van der Waals surface area contributed by atoms with Crippen molar-refractivity contribution in [2.45, 2.75) is 33.3 Å². The van der Waals surface area contributed by atoms with Crippen molar-refractivity contribution < 1.29 is 23.5 Å². The first-order valence-corrected chi connectivity index (χ1v) is 9.73. The minimum absolute atomic E-state index is 0.108. The number of benzene rings is 2. The van der Waals surface area contributed by atoms with Crippen LogP contribution in [-0.4, -0.2) is 25.0 Å². The summed E-state index contributed by atoms with van der Waals surface area (Å²) < 4.78 is 16.3. The van der Waals surface area contributed by atoms with E-state index in [4.69, 9.17) is 13.9 Å². The maximum atomic E-state index is 13.4. The second-order valence-corrected chi connectivity index (χ2v) is 7.52. The van der Waals surface area contributed by atoms with Crippen molar-refractivity contribution in [2.24, 2.45) is 5.92 Å². The first-order valence-electron chi connectivity index (χ1n) is 9.73. The van der Waals surface area contributed by atoms with Gasteiger partial charge < -0.3 is 13.9 Å². The molecule has 0 aliphatic rings. The summed E-state index contributed by atoms with van der Waals surface area (Å²) >= 11 is 0. The van der Waals surface area contributed by atoms with E-state index in [2.05, 4.69) is 0 Å². The second-order valence-electron chi connectivity index (χ2n) is 7.52. The van der Waals surface area contributed by atoms with E-state index in [9.17, 15) is 14.4 Å². The van der Waals surface area contributed by atoms with E-state index in [1.165, 1.54) is 13.2 Å². The molecule has 30 heavy (non-hydrogen) atoms. The molecule has 2 aromatic carbocycles. The van der Waals surface area contributed by atoms with Crippen LogP contribution in [0.3, 0.4) is 0 Å². The summed E-state index contributed by atoms with van der Waals surface area (Å²) in [7, 11) is 1.29. The van der Waals surface area contributed by atoms with E-state index in [1.807, 2.05) is 13.8 Å². The van der Waals surface area contributed by atoms with E-state index in [1.54, 1.807) is 49.4 Å². The number of carbonyl (C=O) groups is 2. The zero-order chi connectivity index (χ0) is 21.8. The van der Waals surface area contributed by atoms with Gasteiger partial charge in [0, 0.05) is 17.0 Å². The largest absolute Gasteiger partial charge is 0.478 e. The van der Waals surface area contributed by atoms with Gasteiger partial charge in [0.05, 0.1) is 7.11 Å². The predicted octanol–water partition coefficient (Wildman–Crippen LogP) is 4.30. The van der Waals surface area contributed by atoms with E-state index >= 15 is 0 Å². The summed E-state index contributed by atoms with van der Waals surface area (Å²) in [5.74, 6) is -0.574. The molecule has 0 aliphatic heterocycles. The molecule has 0 aliphatic carbocycles. The van der Waals surface area contributed by atoms with Gasteiger partial charge >= 0.3 is 11.6 Å². The zero-order valence-corrected chi connectivity index (χ0v) is 17.4. The molecule has 0 spiro atoms. The smallest absolute Gasteiger partial charge is 0.347 e. The summed E-state index contributed by atoms with van der Waals surface area (Å²) in [6.45, 7) is 5.68. The molecule has 0 N–H and O–H groups in total. The first-order chi connectivity index (χ1) is 14.3. The molecule has 1 aromatic heterocycles. The van der Waals surface area contributed by atoms with Crippen LogP contribution < -0.4 is 10.4 Å². The molecular formula is C24H24O6. The lowest BCUT2D eigenvalue weighted by atomic mass is 9.98. The highest BCUT2D eigenvalue weighted by molar-refractivity contribution is 6.17. The number of hydrogen-bond donors (Lipinski definition) is 0. The molecule has 3 rings (SSSR count). The minimum atomic E-state index is -0.897. The Balaban J connectivity index is 2.22. The number of hydrogen-bond acceptors (Lipinski definition) is 6. The molecule has 0 fully saturated rings. The van der Waals surface area contributed by atoms with Gasteiger partial charge in [0.15, 0.2) is 11.7 Å². The monoisotopic (exact) mass is 408 g/mol. The molecule has 0 unspecified atom stereocenters. The van der Waals surface area contributed by atoms with Crippen LogP contribution >= 0.6 is 0 Å². The topological polar surface area (TPSA) is 82.8 Å². The van der Waals surface area contributed by atoms with Crippen molar-refractivity contribution in [2.75, 3.05) is 7.11 Å². The van der Waals surface area contributed by atoms with Crippen molar-refractivity contribution in [1.29, 1.82) is 0 Å². The quantitative estimate of drug-likeness (QED) is 0.329. The van der Waals surface area contributed by atoms with E-state index < -0.39 is 17.7 Å². The third kappa shape index (κ3) is 4.43. The third-order valence-corrected chi connectivity index (χ3v) is 4.76. The number of ketones is 1. The Hall–Kier alpha value is -3.41. The SMILES string of the molecule is COC(=O)[C@@H](CC(C)C)Oc1ccc2c(C)cc(=O)oc2c1C(=O)c1ccccc1. The molecule has 1 atom stereocenters.